The lowest BCUT2D eigenvalue weighted by Gasteiger charge is -2.36. The van der Waals surface area contributed by atoms with Gasteiger partial charge in [0.1, 0.15) is 5.82 Å². The molecule has 0 radical (unpaired) electrons. The topological polar surface area (TPSA) is 69.7 Å². The Morgan fingerprint density at radius 3 is 2.19 bits per heavy atom. The fourth-order valence-electron chi connectivity index (χ4n) is 3.53. The molecule has 1 aliphatic heterocycles. The smallest absolute Gasteiger partial charge is 0.261 e. The number of sulfonamides is 1. The van der Waals surface area contributed by atoms with Crippen molar-refractivity contribution < 1.29 is 17.6 Å². The van der Waals surface area contributed by atoms with Crippen molar-refractivity contribution in [2.75, 3.05) is 35.8 Å². The van der Waals surface area contributed by atoms with Crippen molar-refractivity contribution in [3.8, 4) is 0 Å². The summed E-state index contributed by atoms with van der Waals surface area (Å²) < 4.78 is 40.3. The van der Waals surface area contributed by atoms with Crippen LogP contribution in [0.1, 0.15) is 10.4 Å². The average molecular weight is 474 g/mol. The Bertz CT molecular complexity index is 1210. The van der Waals surface area contributed by atoms with Crippen LogP contribution in [0.4, 0.5) is 15.8 Å². The number of amides is 1. The summed E-state index contributed by atoms with van der Waals surface area (Å²) in [7, 11) is -3.85. The number of hydrogen-bond acceptors (Lipinski definition) is 4. The van der Waals surface area contributed by atoms with Crippen molar-refractivity contribution in [2.24, 2.45) is 0 Å². The molecule has 0 bridgehead atoms. The van der Waals surface area contributed by atoms with Crippen molar-refractivity contribution in [1.29, 1.82) is 0 Å². The van der Waals surface area contributed by atoms with Gasteiger partial charge < -0.3 is 9.80 Å². The molecule has 6 nitrogen and oxygen atoms in total. The number of piperazine rings is 1. The van der Waals surface area contributed by atoms with Gasteiger partial charge in [-0.25, -0.2) is 12.8 Å². The number of anilines is 2. The normalized spacial score (nSPS) is 14.3. The molecular weight excluding hydrogens is 453 g/mol. The number of carbonyl (C=O) groups is 1. The molecule has 0 saturated carbocycles. The van der Waals surface area contributed by atoms with Crippen molar-refractivity contribution in [2.45, 2.75) is 4.90 Å². The molecule has 1 saturated heterocycles. The molecule has 0 spiro atoms. The summed E-state index contributed by atoms with van der Waals surface area (Å²) in [5.74, 6) is -0.621. The first kappa shape index (κ1) is 22.1. The molecule has 0 unspecified atom stereocenters. The maximum absolute atomic E-state index is 13.0. The molecule has 1 N–H and O–H groups in total. The average Bonchev–Trinajstić information content (AvgIpc) is 2.79. The summed E-state index contributed by atoms with van der Waals surface area (Å²) in [6.07, 6.45) is 0. The summed E-state index contributed by atoms with van der Waals surface area (Å²) in [6, 6.07) is 18.5. The van der Waals surface area contributed by atoms with Gasteiger partial charge >= 0.3 is 0 Å². The second kappa shape index (κ2) is 9.18. The lowest BCUT2D eigenvalue weighted by atomic mass is 10.1. The lowest BCUT2D eigenvalue weighted by Crippen LogP contribution is -2.48. The number of nitrogens with zero attached hydrogens (tertiary/aromatic N) is 2. The number of hydrogen-bond donors (Lipinski definition) is 1. The molecule has 1 amide bonds. The minimum absolute atomic E-state index is 0.0448. The van der Waals surface area contributed by atoms with Gasteiger partial charge in [0.05, 0.1) is 4.90 Å². The predicted octanol–water partition coefficient (Wildman–Crippen LogP) is 4.24. The van der Waals surface area contributed by atoms with Gasteiger partial charge in [-0.3, -0.25) is 9.52 Å². The maximum atomic E-state index is 13.0. The molecule has 9 heteroatoms. The molecule has 166 valence electrons. The minimum atomic E-state index is -3.85. The van der Waals surface area contributed by atoms with E-state index in [1.54, 1.807) is 17.0 Å². The van der Waals surface area contributed by atoms with E-state index >= 15 is 0 Å². The third-order valence-corrected chi connectivity index (χ3v) is 6.88. The Morgan fingerprint density at radius 1 is 0.906 bits per heavy atom. The zero-order chi connectivity index (χ0) is 22.7. The molecule has 1 heterocycles. The first-order valence-electron chi connectivity index (χ1n) is 10.00. The molecule has 0 atom stereocenters. The number of rotatable bonds is 5. The molecular formula is C23H21ClFN3O3S. The summed E-state index contributed by atoms with van der Waals surface area (Å²) in [5.41, 5.74) is 1.82. The summed E-state index contributed by atoms with van der Waals surface area (Å²) >= 11 is 6.07. The zero-order valence-corrected chi connectivity index (χ0v) is 18.6. The van der Waals surface area contributed by atoms with E-state index in [9.17, 15) is 17.6 Å². The van der Waals surface area contributed by atoms with Crippen LogP contribution in [0.5, 0.6) is 0 Å². The quantitative estimate of drug-likeness (QED) is 0.601. The van der Waals surface area contributed by atoms with E-state index in [1.165, 1.54) is 24.3 Å². The molecule has 32 heavy (non-hydrogen) atoms. The number of nitrogens with one attached hydrogen (secondary N) is 1. The van der Waals surface area contributed by atoms with E-state index in [4.69, 9.17) is 11.6 Å². The van der Waals surface area contributed by atoms with Gasteiger partial charge in [-0.15, -0.1) is 0 Å². The van der Waals surface area contributed by atoms with Crippen LogP contribution < -0.4 is 9.62 Å². The van der Waals surface area contributed by atoms with Gasteiger partial charge in [0, 0.05) is 48.1 Å². The largest absolute Gasteiger partial charge is 0.368 e. The Labute approximate surface area is 191 Å². The van der Waals surface area contributed by atoms with Crippen LogP contribution >= 0.6 is 11.6 Å². The maximum Gasteiger partial charge on any atom is 0.261 e. The van der Waals surface area contributed by atoms with Crippen LogP contribution in [-0.4, -0.2) is 45.4 Å². The van der Waals surface area contributed by atoms with E-state index in [2.05, 4.69) is 9.62 Å². The highest BCUT2D eigenvalue weighted by molar-refractivity contribution is 7.92. The number of benzene rings is 3. The van der Waals surface area contributed by atoms with Crippen LogP contribution in [0.2, 0.25) is 5.02 Å². The Balaban J connectivity index is 1.38. The molecule has 3 aromatic rings. The highest BCUT2D eigenvalue weighted by Crippen LogP contribution is 2.22. The molecule has 3 aromatic carbocycles. The summed E-state index contributed by atoms with van der Waals surface area (Å²) in [5, 5.41) is 0.677. The minimum Gasteiger partial charge on any atom is -0.368 e. The Kier molecular flexibility index (Phi) is 6.34. The molecule has 0 aromatic heterocycles. The zero-order valence-electron chi connectivity index (χ0n) is 17.0. The fourth-order valence-corrected chi connectivity index (χ4v) is 4.77. The highest BCUT2D eigenvalue weighted by Gasteiger charge is 2.23. The van der Waals surface area contributed by atoms with E-state index in [1.807, 2.05) is 24.3 Å². The predicted molar refractivity (Wildman–Crippen MR) is 123 cm³/mol. The summed E-state index contributed by atoms with van der Waals surface area (Å²) in [6.45, 7) is 2.54. The van der Waals surface area contributed by atoms with E-state index in [0.717, 1.165) is 17.8 Å². The molecule has 1 aliphatic rings. The van der Waals surface area contributed by atoms with Gasteiger partial charge in [0.2, 0.25) is 0 Å². The van der Waals surface area contributed by atoms with Crippen LogP contribution in [0.15, 0.2) is 77.7 Å². The van der Waals surface area contributed by atoms with Crippen LogP contribution in [0.3, 0.4) is 0 Å². The van der Waals surface area contributed by atoms with Gasteiger partial charge in [-0.1, -0.05) is 17.7 Å². The summed E-state index contributed by atoms with van der Waals surface area (Å²) in [4.78, 5) is 16.8. The van der Waals surface area contributed by atoms with Crippen molar-refractivity contribution >= 4 is 38.9 Å². The van der Waals surface area contributed by atoms with Gasteiger partial charge in [0.15, 0.2) is 0 Å². The second-order valence-electron chi connectivity index (χ2n) is 7.40. The van der Waals surface area contributed by atoms with E-state index in [0.29, 0.717) is 42.5 Å². The van der Waals surface area contributed by atoms with Gasteiger partial charge in [-0.05, 0) is 66.7 Å². The standard InChI is InChI=1S/C23H21ClFN3O3S/c24-18-2-1-3-21(16-18)27-12-14-28(15-13-27)23(29)17-4-8-20(9-5-17)26-32(30,31)22-10-6-19(25)7-11-22/h1-11,16,26H,12-15H2. The fraction of sp³-hybridized carbons (Fsp3) is 0.174. The van der Waals surface area contributed by atoms with Crippen LogP contribution in [0, 0.1) is 5.82 Å². The molecule has 1 fully saturated rings. The van der Waals surface area contributed by atoms with Crippen molar-refractivity contribution in [1.82, 2.24) is 4.90 Å². The van der Waals surface area contributed by atoms with E-state index < -0.39 is 15.8 Å². The first-order chi connectivity index (χ1) is 15.3. The Morgan fingerprint density at radius 2 is 1.56 bits per heavy atom. The molecule has 0 aliphatic carbocycles. The van der Waals surface area contributed by atoms with Crippen LogP contribution in [0.25, 0.3) is 0 Å². The highest BCUT2D eigenvalue weighted by atomic mass is 35.5. The first-order valence-corrected chi connectivity index (χ1v) is 11.9. The third-order valence-electron chi connectivity index (χ3n) is 5.25. The molecule has 4 rings (SSSR count). The van der Waals surface area contributed by atoms with Crippen LogP contribution in [-0.2, 0) is 10.0 Å². The van der Waals surface area contributed by atoms with Gasteiger partial charge in [-0.2, -0.15) is 0 Å². The lowest BCUT2D eigenvalue weighted by molar-refractivity contribution is 0.0747. The van der Waals surface area contributed by atoms with Crippen molar-refractivity contribution in [3.63, 3.8) is 0 Å². The van der Waals surface area contributed by atoms with Crippen molar-refractivity contribution in [3.05, 3.63) is 89.2 Å². The van der Waals surface area contributed by atoms with Gasteiger partial charge in [0.25, 0.3) is 15.9 Å². The second-order valence-corrected chi connectivity index (χ2v) is 9.51. The SMILES string of the molecule is O=C(c1ccc(NS(=O)(=O)c2ccc(F)cc2)cc1)N1CCN(c2cccc(Cl)c2)CC1. The van der Waals surface area contributed by atoms with E-state index in [-0.39, 0.29) is 10.8 Å². The third kappa shape index (κ3) is 5.03. The number of carbonyl (C=O) groups excluding carboxylic acids is 1. The number of halogens is 2. The Hall–Kier alpha value is -3.10. The monoisotopic (exact) mass is 473 g/mol.